The first-order valence-electron chi connectivity index (χ1n) is 7.60. The number of aromatic nitrogens is 6. The SMILES string of the molecule is Cn1c(-n2cccn2)nc2c(N)nc(NCc3ccc(F)cc3)nc21. The van der Waals surface area contributed by atoms with E-state index >= 15 is 0 Å². The molecule has 3 aromatic heterocycles. The van der Waals surface area contributed by atoms with Crippen LogP contribution in [0.5, 0.6) is 0 Å². The van der Waals surface area contributed by atoms with Crippen LogP contribution in [0.2, 0.25) is 0 Å². The second kappa shape index (κ2) is 5.86. The van der Waals surface area contributed by atoms with Gasteiger partial charge in [0, 0.05) is 26.0 Å². The van der Waals surface area contributed by atoms with Gasteiger partial charge in [0.15, 0.2) is 17.0 Å². The van der Waals surface area contributed by atoms with Crippen molar-refractivity contribution in [3.63, 3.8) is 0 Å². The summed E-state index contributed by atoms with van der Waals surface area (Å²) in [6.07, 6.45) is 3.46. The number of fused-ring (bicyclic) bond motifs is 1. The minimum absolute atomic E-state index is 0.272. The van der Waals surface area contributed by atoms with Gasteiger partial charge >= 0.3 is 0 Å². The van der Waals surface area contributed by atoms with E-state index in [-0.39, 0.29) is 11.6 Å². The molecule has 0 amide bonds. The zero-order valence-electron chi connectivity index (χ0n) is 13.4. The molecule has 3 heterocycles. The van der Waals surface area contributed by atoms with Crippen molar-refractivity contribution in [2.24, 2.45) is 7.05 Å². The van der Waals surface area contributed by atoms with Gasteiger partial charge in [0.1, 0.15) is 5.82 Å². The van der Waals surface area contributed by atoms with E-state index in [2.05, 4.69) is 25.4 Å². The number of anilines is 2. The number of hydrogen-bond acceptors (Lipinski definition) is 6. The largest absolute Gasteiger partial charge is 0.382 e. The number of halogens is 1. The predicted molar refractivity (Wildman–Crippen MR) is 91.6 cm³/mol. The van der Waals surface area contributed by atoms with E-state index in [0.717, 1.165) is 5.56 Å². The van der Waals surface area contributed by atoms with Crippen LogP contribution >= 0.6 is 0 Å². The van der Waals surface area contributed by atoms with Gasteiger partial charge in [0.05, 0.1) is 0 Å². The topological polar surface area (TPSA) is 99.5 Å². The highest BCUT2D eigenvalue weighted by Gasteiger charge is 2.15. The van der Waals surface area contributed by atoms with E-state index in [1.54, 1.807) is 33.8 Å². The van der Waals surface area contributed by atoms with Gasteiger partial charge in [-0.25, -0.2) is 14.1 Å². The standard InChI is InChI=1S/C16H15FN8/c1-24-14-12(21-16(24)25-8-2-7-20-25)13(18)22-15(23-14)19-9-10-3-5-11(17)6-4-10/h2-8H,9H2,1H3,(H3,18,19,22,23). The Bertz CT molecular complexity index is 1020. The minimum Gasteiger partial charge on any atom is -0.382 e. The third-order valence-corrected chi connectivity index (χ3v) is 3.80. The highest BCUT2D eigenvalue weighted by molar-refractivity contribution is 5.84. The average molecular weight is 338 g/mol. The molecule has 0 saturated carbocycles. The second-order valence-electron chi connectivity index (χ2n) is 5.51. The zero-order chi connectivity index (χ0) is 17.4. The molecule has 0 spiro atoms. The number of nitrogens with zero attached hydrogens (tertiary/aromatic N) is 6. The second-order valence-corrected chi connectivity index (χ2v) is 5.51. The van der Waals surface area contributed by atoms with Gasteiger partial charge in [0.25, 0.3) is 0 Å². The van der Waals surface area contributed by atoms with Gasteiger partial charge in [-0.3, -0.25) is 4.57 Å². The first kappa shape index (κ1) is 15.1. The van der Waals surface area contributed by atoms with Crippen LogP contribution < -0.4 is 11.1 Å². The van der Waals surface area contributed by atoms with E-state index < -0.39 is 0 Å². The number of aryl methyl sites for hydroxylation is 1. The lowest BCUT2D eigenvalue weighted by atomic mass is 10.2. The average Bonchev–Trinajstić information content (AvgIpc) is 3.23. The summed E-state index contributed by atoms with van der Waals surface area (Å²) in [5, 5.41) is 7.27. The Balaban J connectivity index is 1.66. The lowest BCUT2D eigenvalue weighted by Crippen LogP contribution is -2.07. The van der Waals surface area contributed by atoms with Crippen LogP contribution in [0.25, 0.3) is 17.1 Å². The summed E-state index contributed by atoms with van der Waals surface area (Å²) in [5.41, 5.74) is 8.05. The van der Waals surface area contributed by atoms with Crippen LogP contribution in [-0.2, 0) is 13.6 Å². The highest BCUT2D eigenvalue weighted by Crippen LogP contribution is 2.21. The van der Waals surface area contributed by atoms with E-state index in [1.165, 1.54) is 12.1 Å². The molecule has 0 aliphatic rings. The third kappa shape index (κ3) is 2.75. The molecule has 9 heteroatoms. The van der Waals surface area contributed by atoms with Crippen LogP contribution in [0.1, 0.15) is 5.56 Å². The molecule has 0 bridgehead atoms. The van der Waals surface area contributed by atoms with Crippen molar-refractivity contribution in [3.8, 4) is 5.95 Å². The smallest absolute Gasteiger partial charge is 0.232 e. The summed E-state index contributed by atoms with van der Waals surface area (Å²) in [4.78, 5) is 13.2. The summed E-state index contributed by atoms with van der Waals surface area (Å²) >= 11 is 0. The molecular weight excluding hydrogens is 323 g/mol. The number of imidazole rings is 1. The maximum atomic E-state index is 13.0. The fraction of sp³-hybridized carbons (Fsp3) is 0.125. The van der Waals surface area contributed by atoms with Crippen LogP contribution in [0, 0.1) is 5.82 Å². The fourth-order valence-electron chi connectivity index (χ4n) is 2.53. The van der Waals surface area contributed by atoms with Gasteiger partial charge in [-0.1, -0.05) is 12.1 Å². The van der Waals surface area contributed by atoms with Crippen molar-refractivity contribution in [3.05, 3.63) is 54.1 Å². The summed E-state index contributed by atoms with van der Waals surface area (Å²) in [6, 6.07) is 8.03. The summed E-state index contributed by atoms with van der Waals surface area (Å²) in [6.45, 7) is 0.453. The number of hydrogen-bond donors (Lipinski definition) is 2. The van der Waals surface area contributed by atoms with E-state index in [1.807, 2.05) is 13.1 Å². The van der Waals surface area contributed by atoms with Gasteiger partial charge in [-0.2, -0.15) is 15.1 Å². The molecule has 0 saturated heterocycles. The predicted octanol–water partition coefficient (Wildman–Crippen LogP) is 1.88. The molecule has 126 valence electrons. The Morgan fingerprint density at radius 3 is 2.68 bits per heavy atom. The van der Waals surface area contributed by atoms with E-state index in [0.29, 0.717) is 29.6 Å². The molecule has 0 radical (unpaired) electrons. The van der Waals surface area contributed by atoms with Crippen molar-refractivity contribution in [2.75, 3.05) is 11.1 Å². The molecule has 0 aliphatic heterocycles. The van der Waals surface area contributed by atoms with Crippen molar-refractivity contribution < 1.29 is 4.39 Å². The summed E-state index contributed by atoms with van der Waals surface area (Å²) < 4.78 is 16.4. The first-order chi connectivity index (χ1) is 12.1. The Hall–Kier alpha value is -3.49. The van der Waals surface area contributed by atoms with Crippen LogP contribution in [0.15, 0.2) is 42.7 Å². The number of nitrogens with two attached hydrogens (primary N) is 1. The Labute approximate surface area is 142 Å². The normalized spacial score (nSPS) is 11.1. The Kier molecular flexibility index (Phi) is 3.53. The molecule has 8 nitrogen and oxygen atoms in total. The number of rotatable bonds is 4. The molecule has 0 unspecified atom stereocenters. The molecule has 4 aromatic rings. The van der Waals surface area contributed by atoms with Crippen molar-refractivity contribution in [1.82, 2.24) is 29.3 Å². The molecule has 0 atom stereocenters. The maximum Gasteiger partial charge on any atom is 0.232 e. The fourth-order valence-corrected chi connectivity index (χ4v) is 2.53. The van der Waals surface area contributed by atoms with Gasteiger partial charge in [-0.05, 0) is 23.8 Å². The lowest BCUT2D eigenvalue weighted by molar-refractivity contribution is 0.627. The third-order valence-electron chi connectivity index (χ3n) is 3.80. The van der Waals surface area contributed by atoms with Crippen LogP contribution in [0.3, 0.4) is 0 Å². The van der Waals surface area contributed by atoms with Crippen molar-refractivity contribution in [1.29, 1.82) is 0 Å². The first-order valence-corrected chi connectivity index (χ1v) is 7.60. The van der Waals surface area contributed by atoms with Crippen molar-refractivity contribution >= 4 is 22.9 Å². The molecule has 3 N–H and O–H groups in total. The van der Waals surface area contributed by atoms with Gasteiger partial charge in [0.2, 0.25) is 11.9 Å². The molecule has 0 fully saturated rings. The number of benzene rings is 1. The minimum atomic E-state index is -0.272. The summed E-state index contributed by atoms with van der Waals surface area (Å²) in [7, 11) is 1.84. The van der Waals surface area contributed by atoms with E-state index in [9.17, 15) is 4.39 Å². The quantitative estimate of drug-likeness (QED) is 0.589. The zero-order valence-corrected chi connectivity index (χ0v) is 13.4. The molecule has 25 heavy (non-hydrogen) atoms. The van der Waals surface area contributed by atoms with Gasteiger partial charge in [-0.15, -0.1) is 0 Å². The highest BCUT2D eigenvalue weighted by atomic mass is 19.1. The molecule has 1 aromatic carbocycles. The van der Waals surface area contributed by atoms with Gasteiger partial charge < -0.3 is 11.1 Å². The Morgan fingerprint density at radius 2 is 1.96 bits per heavy atom. The molecule has 4 rings (SSSR count). The Morgan fingerprint density at radius 1 is 1.16 bits per heavy atom. The van der Waals surface area contributed by atoms with E-state index in [4.69, 9.17) is 5.73 Å². The van der Waals surface area contributed by atoms with Crippen LogP contribution in [0.4, 0.5) is 16.2 Å². The van der Waals surface area contributed by atoms with Crippen LogP contribution in [-0.4, -0.2) is 29.3 Å². The molecule has 0 aliphatic carbocycles. The maximum absolute atomic E-state index is 13.0. The number of nitrogen functional groups attached to an aromatic ring is 1. The monoisotopic (exact) mass is 338 g/mol. The number of nitrogens with one attached hydrogen (secondary N) is 1. The molecular formula is C16H15FN8. The lowest BCUT2D eigenvalue weighted by Gasteiger charge is -2.06. The summed E-state index contributed by atoms with van der Waals surface area (Å²) in [5.74, 6) is 0.980. The van der Waals surface area contributed by atoms with Crippen molar-refractivity contribution in [2.45, 2.75) is 6.54 Å².